The minimum absolute atomic E-state index is 0. The van der Waals surface area contributed by atoms with E-state index in [0.29, 0.717) is 0 Å². The largest absolute Gasteiger partial charge is 1.00 e. The normalized spacial score (nSPS) is 10.5. The first kappa shape index (κ1) is 13.4. The third-order valence-electron chi connectivity index (χ3n) is 1.92. The van der Waals surface area contributed by atoms with Gasteiger partial charge in [-0.05, 0) is 5.56 Å². The van der Waals surface area contributed by atoms with E-state index in [4.69, 9.17) is 0 Å². The Morgan fingerprint density at radius 3 is 2.29 bits per heavy atom. The molecule has 1 rings (SSSR count). The number of hydrogen-bond acceptors (Lipinski definition) is 0. The summed E-state index contributed by atoms with van der Waals surface area (Å²) >= 11 is 0. The van der Waals surface area contributed by atoms with Gasteiger partial charge >= 0.3 is 0 Å². The number of halogens is 1. The third-order valence-corrected chi connectivity index (χ3v) is 1.92. The first-order chi connectivity index (χ1) is 6.03. The van der Waals surface area contributed by atoms with Crippen LogP contribution in [-0.2, 0) is 6.54 Å². The standard InChI is InChI=1S/C12H18N.BrH/c1-5-11-8-6-7-9-12(11)10-13(2,3)4;/h5-9H,1,10H2,2-4H3;1H/q+1;/p-1. The van der Waals surface area contributed by atoms with Crippen molar-refractivity contribution in [2.75, 3.05) is 21.1 Å². The van der Waals surface area contributed by atoms with Crippen LogP contribution < -0.4 is 17.0 Å². The van der Waals surface area contributed by atoms with Gasteiger partial charge in [-0.1, -0.05) is 36.9 Å². The second kappa shape index (κ2) is 5.32. The van der Waals surface area contributed by atoms with Gasteiger partial charge in [-0.2, -0.15) is 0 Å². The second-order valence-corrected chi connectivity index (χ2v) is 4.35. The van der Waals surface area contributed by atoms with Crippen LogP contribution in [0.4, 0.5) is 0 Å². The van der Waals surface area contributed by atoms with Crippen LogP contribution in [0.1, 0.15) is 11.1 Å². The number of rotatable bonds is 3. The monoisotopic (exact) mass is 255 g/mol. The van der Waals surface area contributed by atoms with E-state index < -0.39 is 0 Å². The van der Waals surface area contributed by atoms with Crippen molar-refractivity contribution in [2.45, 2.75) is 6.54 Å². The molecule has 1 aromatic carbocycles. The molecule has 1 nitrogen and oxygen atoms in total. The molecular weight excluding hydrogens is 238 g/mol. The van der Waals surface area contributed by atoms with Crippen LogP contribution in [0.15, 0.2) is 30.8 Å². The average molecular weight is 256 g/mol. The molecular formula is C12H18BrN. The van der Waals surface area contributed by atoms with Crippen molar-refractivity contribution in [3.8, 4) is 0 Å². The summed E-state index contributed by atoms with van der Waals surface area (Å²) < 4.78 is 0.949. The van der Waals surface area contributed by atoms with Gasteiger partial charge in [0.05, 0.1) is 21.1 Å². The van der Waals surface area contributed by atoms with Gasteiger partial charge < -0.3 is 21.5 Å². The smallest absolute Gasteiger partial charge is 0.104 e. The average Bonchev–Trinajstić information content (AvgIpc) is 2.02. The lowest BCUT2D eigenvalue weighted by Gasteiger charge is -2.24. The predicted octanol–water partition coefficient (Wildman–Crippen LogP) is -0.460. The highest BCUT2D eigenvalue weighted by molar-refractivity contribution is 5.51. The molecule has 0 radical (unpaired) electrons. The molecule has 0 atom stereocenters. The van der Waals surface area contributed by atoms with E-state index in [0.717, 1.165) is 11.0 Å². The van der Waals surface area contributed by atoms with E-state index in [1.807, 2.05) is 6.08 Å². The van der Waals surface area contributed by atoms with E-state index in [-0.39, 0.29) is 17.0 Å². The number of benzene rings is 1. The van der Waals surface area contributed by atoms with Gasteiger partial charge in [-0.3, -0.25) is 0 Å². The van der Waals surface area contributed by atoms with Crippen LogP contribution in [0.25, 0.3) is 6.08 Å². The molecule has 0 saturated carbocycles. The second-order valence-electron chi connectivity index (χ2n) is 4.35. The maximum atomic E-state index is 3.81. The van der Waals surface area contributed by atoms with Crippen LogP contribution >= 0.6 is 0 Å². The summed E-state index contributed by atoms with van der Waals surface area (Å²) in [6.07, 6.45) is 1.92. The van der Waals surface area contributed by atoms with Gasteiger partial charge in [0.1, 0.15) is 6.54 Å². The van der Waals surface area contributed by atoms with Gasteiger partial charge in [0.25, 0.3) is 0 Å². The highest BCUT2D eigenvalue weighted by Crippen LogP contribution is 2.13. The zero-order valence-corrected chi connectivity index (χ0v) is 10.7. The molecule has 1 aromatic rings. The van der Waals surface area contributed by atoms with Crippen LogP contribution in [0, 0.1) is 0 Å². The summed E-state index contributed by atoms with van der Waals surface area (Å²) in [6, 6.07) is 8.41. The lowest BCUT2D eigenvalue weighted by atomic mass is 10.1. The fraction of sp³-hybridized carbons (Fsp3) is 0.333. The molecule has 0 bridgehead atoms. The maximum Gasteiger partial charge on any atom is 0.104 e. The van der Waals surface area contributed by atoms with Crippen molar-refractivity contribution in [1.82, 2.24) is 0 Å². The summed E-state index contributed by atoms with van der Waals surface area (Å²) in [6.45, 7) is 4.86. The lowest BCUT2D eigenvalue weighted by Crippen LogP contribution is -3.00. The summed E-state index contributed by atoms with van der Waals surface area (Å²) in [5.41, 5.74) is 2.61. The lowest BCUT2D eigenvalue weighted by molar-refractivity contribution is -0.884. The summed E-state index contributed by atoms with van der Waals surface area (Å²) in [5, 5.41) is 0. The Balaban J connectivity index is 0.00000169. The van der Waals surface area contributed by atoms with E-state index in [1.165, 1.54) is 11.1 Å². The molecule has 0 aliphatic heterocycles. The maximum absolute atomic E-state index is 3.81. The van der Waals surface area contributed by atoms with Gasteiger partial charge in [-0.15, -0.1) is 0 Å². The minimum atomic E-state index is 0. The third kappa shape index (κ3) is 4.07. The quantitative estimate of drug-likeness (QED) is 0.642. The van der Waals surface area contributed by atoms with Gasteiger partial charge in [0.15, 0.2) is 0 Å². The minimum Gasteiger partial charge on any atom is -1.00 e. The number of hydrogen-bond donors (Lipinski definition) is 0. The van der Waals surface area contributed by atoms with Gasteiger partial charge in [-0.25, -0.2) is 0 Å². The Hall–Kier alpha value is -0.600. The Kier molecular flexibility index (Phi) is 5.09. The number of quaternary nitrogens is 1. The van der Waals surface area contributed by atoms with E-state index >= 15 is 0 Å². The van der Waals surface area contributed by atoms with Gasteiger partial charge in [0, 0.05) is 5.56 Å². The van der Waals surface area contributed by atoms with E-state index in [9.17, 15) is 0 Å². The highest BCUT2D eigenvalue weighted by Gasteiger charge is 2.09. The first-order valence-corrected chi connectivity index (χ1v) is 4.54. The molecule has 0 unspecified atom stereocenters. The van der Waals surface area contributed by atoms with Crippen molar-refractivity contribution in [3.63, 3.8) is 0 Å². The zero-order chi connectivity index (χ0) is 9.90. The first-order valence-electron chi connectivity index (χ1n) is 4.54. The molecule has 0 aliphatic carbocycles. The molecule has 0 heterocycles. The fourth-order valence-corrected chi connectivity index (χ4v) is 1.39. The van der Waals surface area contributed by atoms with Crippen LogP contribution in [0.2, 0.25) is 0 Å². The molecule has 0 aromatic heterocycles. The molecule has 0 saturated heterocycles. The molecule has 0 amide bonds. The summed E-state index contributed by atoms with van der Waals surface area (Å²) in [4.78, 5) is 0. The fourth-order valence-electron chi connectivity index (χ4n) is 1.39. The Bertz CT molecular complexity index is 299. The van der Waals surface area contributed by atoms with Crippen molar-refractivity contribution < 1.29 is 21.5 Å². The molecule has 2 heteroatoms. The Morgan fingerprint density at radius 2 is 1.79 bits per heavy atom. The molecule has 14 heavy (non-hydrogen) atoms. The zero-order valence-electron chi connectivity index (χ0n) is 9.13. The van der Waals surface area contributed by atoms with Crippen LogP contribution in [-0.4, -0.2) is 25.6 Å². The van der Waals surface area contributed by atoms with E-state index in [2.05, 4.69) is 52.0 Å². The van der Waals surface area contributed by atoms with Crippen molar-refractivity contribution >= 4 is 6.08 Å². The predicted molar refractivity (Wildman–Crippen MR) is 58.3 cm³/mol. The topological polar surface area (TPSA) is 0 Å². The SMILES string of the molecule is C=Cc1ccccc1C[N+](C)(C)C.[Br-]. The molecule has 0 fully saturated rings. The molecule has 0 aliphatic rings. The molecule has 0 N–H and O–H groups in total. The van der Waals surface area contributed by atoms with Crippen LogP contribution in [0.5, 0.6) is 0 Å². The van der Waals surface area contributed by atoms with Crippen molar-refractivity contribution in [1.29, 1.82) is 0 Å². The molecule has 0 spiro atoms. The van der Waals surface area contributed by atoms with Crippen molar-refractivity contribution in [3.05, 3.63) is 42.0 Å². The van der Waals surface area contributed by atoms with Gasteiger partial charge in [0.2, 0.25) is 0 Å². The summed E-state index contributed by atoms with van der Waals surface area (Å²) in [5.74, 6) is 0. The molecule has 78 valence electrons. The Morgan fingerprint density at radius 1 is 1.21 bits per heavy atom. The van der Waals surface area contributed by atoms with Crippen molar-refractivity contribution in [2.24, 2.45) is 0 Å². The van der Waals surface area contributed by atoms with E-state index in [1.54, 1.807) is 0 Å². The summed E-state index contributed by atoms with van der Waals surface area (Å²) in [7, 11) is 6.58. The Labute approximate surface area is 97.4 Å². The number of nitrogens with zero attached hydrogens (tertiary/aromatic N) is 1. The van der Waals surface area contributed by atoms with Crippen LogP contribution in [0.3, 0.4) is 0 Å². The highest BCUT2D eigenvalue weighted by atomic mass is 79.9.